The molecule has 3 aromatic rings. The van der Waals surface area contributed by atoms with E-state index >= 15 is 0 Å². The average Bonchev–Trinajstić information content (AvgIpc) is 3.60. The molecule has 0 saturated carbocycles. The highest BCUT2D eigenvalue weighted by atomic mass is 32.2. The number of hydrogen-bond donors (Lipinski definition) is 3. The van der Waals surface area contributed by atoms with Crippen LogP contribution in [0, 0.1) is 5.82 Å². The number of carbonyl (C=O) groups excluding carboxylic acids is 3. The Labute approximate surface area is 254 Å². The minimum absolute atomic E-state index is 0.00955. The van der Waals surface area contributed by atoms with E-state index in [1.165, 1.54) is 41.4 Å². The largest absolute Gasteiger partial charge is 0.506 e. The second-order valence-electron chi connectivity index (χ2n) is 11.9. The van der Waals surface area contributed by atoms with Crippen LogP contribution in [0.1, 0.15) is 59.2 Å². The Balaban J connectivity index is 1.43. The van der Waals surface area contributed by atoms with Gasteiger partial charge in [-0.1, -0.05) is 45.0 Å². The lowest BCUT2D eigenvalue weighted by Crippen LogP contribution is -2.50. The van der Waals surface area contributed by atoms with Gasteiger partial charge in [-0.25, -0.2) is 17.8 Å². The molecule has 2 amide bonds. The van der Waals surface area contributed by atoms with Crippen LogP contribution in [0.4, 0.5) is 4.39 Å². The molecule has 0 spiro atoms. The second kappa shape index (κ2) is 11.8. The zero-order valence-electron chi connectivity index (χ0n) is 24.5. The number of sulfone groups is 1. The van der Waals surface area contributed by atoms with Gasteiger partial charge >= 0.3 is 0 Å². The molecule has 10 nitrogen and oxygen atoms in total. The van der Waals surface area contributed by atoms with Gasteiger partial charge < -0.3 is 20.6 Å². The number of carbonyl (C=O) groups is 3. The maximum atomic E-state index is 14.1. The van der Waals surface area contributed by atoms with Crippen molar-refractivity contribution >= 4 is 26.8 Å². The van der Waals surface area contributed by atoms with Crippen LogP contribution in [0.15, 0.2) is 78.3 Å². The van der Waals surface area contributed by atoms with Crippen LogP contribution in [-0.4, -0.2) is 64.7 Å². The van der Waals surface area contributed by atoms with E-state index < -0.39 is 55.3 Å². The van der Waals surface area contributed by atoms with Crippen molar-refractivity contribution in [3.05, 3.63) is 106 Å². The minimum atomic E-state index is -4.61. The summed E-state index contributed by atoms with van der Waals surface area (Å²) in [5.74, 6) is -2.11. The molecule has 0 bridgehead atoms. The first-order valence-electron chi connectivity index (χ1n) is 14.1. The Morgan fingerprint density at radius 1 is 1.09 bits per heavy atom. The van der Waals surface area contributed by atoms with Crippen LogP contribution >= 0.6 is 0 Å². The van der Waals surface area contributed by atoms with Crippen LogP contribution in [-0.2, 0) is 26.5 Å². The average molecular weight is 621 g/mol. The molecule has 0 radical (unpaired) electrons. The summed E-state index contributed by atoms with van der Waals surface area (Å²) in [4.78, 5) is 45.6. The van der Waals surface area contributed by atoms with E-state index in [9.17, 15) is 32.3 Å². The van der Waals surface area contributed by atoms with Gasteiger partial charge in [-0.3, -0.25) is 14.4 Å². The van der Waals surface area contributed by atoms with E-state index in [0.29, 0.717) is 23.2 Å². The summed E-state index contributed by atoms with van der Waals surface area (Å²) in [7, 11) is -4.61. The van der Waals surface area contributed by atoms with Crippen LogP contribution in [0.25, 0.3) is 0 Å². The molecule has 3 heterocycles. The highest BCUT2D eigenvalue weighted by molar-refractivity contribution is 8.07. The number of aromatic hydroxyl groups is 1. The molecule has 0 fully saturated rings. The van der Waals surface area contributed by atoms with Crippen molar-refractivity contribution in [1.29, 1.82) is 0 Å². The molecule has 2 aromatic carbocycles. The van der Waals surface area contributed by atoms with Crippen molar-refractivity contribution in [3.8, 4) is 5.75 Å². The monoisotopic (exact) mass is 620 g/mol. The third kappa shape index (κ3) is 6.07. The lowest BCUT2D eigenvalue weighted by atomic mass is 9.86. The zero-order valence-corrected chi connectivity index (χ0v) is 25.3. The maximum absolute atomic E-state index is 14.1. The van der Waals surface area contributed by atoms with Gasteiger partial charge in [0.25, 0.3) is 11.0 Å². The third-order valence-corrected chi connectivity index (χ3v) is 9.69. The SMILES string of the molecule is CC(C)(C)c1ccc(C(=O)NC(Cc2ccc(F)cc2)C(=O)N2CCC3=C2C(S(=O)(=O)C(=O)c2ncccc2O)CN3)cc1. The maximum Gasteiger partial charge on any atom is 0.299 e. The van der Waals surface area contributed by atoms with E-state index in [1.54, 1.807) is 12.1 Å². The third-order valence-electron chi connectivity index (χ3n) is 7.84. The second-order valence-corrected chi connectivity index (χ2v) is 13.9. The number of halogens is 1. The number of benzene rings is 2. The smallest absolute Gasteiger partial charge is 0.299 e. The van der Waals surface area contributed by atoms with E-state index in [1.807, 2.05) is 12.1 Å². The molecule has 2 aliphatic rings. The Hall–Kier alpha value is -4.58. The first kappa shape index (κ1) is 30.9. The predicted molar refractivity (Wildman–Crippen MR) is 161 cm³/mol. The van der Waals surface area contributed by atoms with Gasteiger partial charge in [0.1, 0.15) is 22.9 Å². The normalized spacial score (nSPS) is 17.2. The van der Waals surface area contributed by atoms with Crippen molar-refractivity contribution in [2.75, 3.05) is 13.1 Å². The Bertz CT molecular complexity index is 1750. The number of nitrogens with one attached hydrogen (secondary N) is 2. The quantitative estimate of drug-likeness (QED) is 0.365. The standard InChI is InChI=1S/C32H33FN4O6S/c1-32(2,3)21-10-8-20(9-11-21)29(39)36-24(17-19-6-12-22(33)13-7-19)30(40)37-16-14-23-28(37)26(18-35-23)44(42,43)31(41)27-25(38)5-4-15-34-27/h4-13,15,24,26,35,38H,14,16-18H2,1-3H3,(H,36,39). The topological polar surface area (TPSA) is 146 Å². The predicted octanol–water partition coefficient (Wildman–Crippen LogP) is 3.24. The van der Waals surface area contributed by atoms with Crippen molar-refractivity contribution in [3.63, 3.8) is 0 Å². The fourth-order valence-electron chi connectivity index (χ4n) is 5.41. The van der Waals surface area contributed by atoms with Crippen LogP contribution < -0.4 is 10.6 Å². The molecule has 0 saturated heterocycles. The fourth-order valence-corrected chi connectivity index (χ4v) is 6.96. The first-order valence-corrected chi connectivity index (χ1v) is 15.7. The summed E-state index contributed by atoms with van der Waals surface area (Å²) in [5.41, 5.74) is 1.85. The molecule has 2 aliphatic heterocycles. The molecule has 44 heavy (non-hydrogen) atoms. The van der Waals surface area contributed by atoms with Crippen molar-refractivity contribution in [1.82, 2.24) is 20.5 Å². The Morgan fingerprint density at radius 2 is 1.77 bits per heavy atom. The lowest BCUT2D eigenvalue weighted by Gasteiger charge is -2.28. The van der Waals surface area contributed by atoms with Gasteiger partial charge in [0.05, 0.1) is 5.70 Å². The number of hydrogen-bond acceptors (Lipinski definition) is 8. The Kier molecular flexibility index (Phi) is 8.30. The van der Waals surface area contributed by atoms with Gasteiger partial charge in [0, 0.05) is 43.4 Å². The molecule has 3 N–H and O–H groups in total. The number of aromatic nitrogens is 1. The number of pyridine rings is 1. The van der Waals surface area contributed by atoms with Crippen LogP contribution in [0.3, 0.4) is 0 Å². The van der Waals surface area contributed by atoms with Crippen molar-refractivity contribution < 1.29 is 32.3 Å². The molecule has 230 valence electrons. The molecular formula is C32H33FN4O6S. The van der Waals surface area contributed by atoms with Crippen molar-refractivity contribution in [2.24, 2.45) is 0 Å². The highest BCUT2D eigenvalue weighted by Crippen LogP contribution is 2.34. The first-order chi connectivity index (χ1) is 20.8. The summed E-state index contributed by atoms with van der Waals surface area (Å²) in [6, 6.07) is 14.0. The van der Waals surface area contributed by atoms with Gasteiger partial charge in [-0.2, -0.15) is 0 Å². The fraction of sp³-hybridized carbons (Fsp3) is 0.312. The summed E-state index contributed by atoms with van der Waals surface area (Å²) in [6.07, 6.45) is 1.53. The molecule has 2 unspecified atom stereocenters. The summed E-state index contributed by atoms with van der Waals surface area (Å²) in [5, 5.41) is 13.1. The molecule has 5 rings (SSSR count). The molecular weight excluding hydrogens is 587 g/mol. The van der Waals surface area contributed by atoms with Gasteiger partial charge in [0.2, 0.25) is 15.7 Å². The van der Waals surface area contributed by atoms with Crippen LogP contribution in [0.5, 0.6) is 5.75 Å². The number of rotatable bonds is 7. The molecule has 0 aliphatic carbocycles. The van der Waals surface area contributed by atoms with Gasteiger partial charge in [-0.15, -0.1) is 0 Å². The molecule has 12 heteroatoms. The van der Waals surface area contributed by atoms with Gasteiger partial charge in [-0.05, 0) is 52.9 Å². The van der Waals surface area contributed by atoms with Crippen molar-refractivity contribution in [2.45, 2.75) is 50.3 Å². The Morgan fingerprint density at radius 3 is 2.41 bits per heavy atom. The van der Waals surface area contributed by atoms with E-state index in [0.717, 1.165) is 11.6 Å². The summed E-state index contributed by atoms with van der Waals surface area (Å²) >= 11 is 0. The van der Waals surface area contributed by atoms with Gasteiger partial charge in [0.15, 0.2) is 5.69 Å². The lowest BCUT2D eigenvalue weighted by molar-refractivity contribution is -0.131. The number of nitrogens with zero attached hydrogens (tertiary/aromatic N) is 2. The van der Waals surface area contributed by atoms with Crippen LogP contribution in [0.2, 0.25) is 0 Å². The zero-order chi connectivity index (χ0) is 31.8. The number of amides is 2. The van der Waals surface area contributed by atoms with E-state index in [2.05, 4.69) is 36.4 Å². The molecule has 1 aromatic heterocycles. The highest BCUT2D eigenvalue weighted by Gasteiger charge is 2.48. The van der Waals surface area contributed by atoms with E-state index in [-0.39, 0.29) is 30.6 Å². The summed E-state index contributed by atoms with van der Waals surface area (Å²) < 4.78 is 40.7. The van der Waals surface area contributed by atoms with E-state index in [4.69, 9.17) is 0 Å². The minimum Gasteiger partial charge on any atom is -0.506 e. The summed E-state index contributed by atoms with van der Waals surface area (Å²) in [6.45, 7) is 6.14. The molecule has 2 atom stereocenters.